The molecule has 0 fully saturated rings. The molecular formula is C23H23N5O2S2. The molecule has 0 spiro atoms. The van der Waals surface area contributed by atoms with Gasteiger partial charge in [-0.3, -0.25) is 9.36 Å². The number of thiazole rings is 1. The molecule has 0 saturated carbocycles. The summed E-state index contributed by atoms with van der Waals surface area (Å²) in [4.78, 5) is 16.7. The topological polar surface area (TPSA) is 81.9 Å². The Morgan fingerprint density at radius 3 is 2.59 bits per heavy atom. The summed E-state index contributed by atoms with van der Waals surface area (Å²) in [6.45, 7) is 4.47. The number of aryl methyl sites for hydroxylation is 1. The van der Waals surface area contributed by atoms with Crippen LogP contribution < -0.4 is 10.1 Å². The van der Waals surface area contributed by atoms with Crippen LogP contribution in [0.25, 0.3) is 5.69 Å². The summed E-state index contributed by atoms with van der Waals surface area (Å²) in [5, 5.41) is 14.8. The minimum atomic E-state index is -0.129. The van der Waals surface area contributed by atoms with Crippen molar-refractivity contribution in [2.24, 2.45) is 0 Å². The summed E-state index contributed by atoms with van der Waals surface area (Å²) in [7, 11) is 0. The fourth-order valence-electron chi connectivity index (χ4n) is 3.10. The quantitative estimate of drug-likeness (QED) is 0.359. The van der Waals surface area contributed by atoms with Crippen LogP contribution in [-0.2, 0) is 11.2 Å². The average Bonchev–Trinajstić information content (AvgIpc) is 3.39. The smallest absolute Gasteiger partial charge is 0.236 e. The van der Waals surface area contributed by atoms with Gasteiger partial charge < -0.3 is 10.1 Å². The van der Waals surface area contributed by atoms with Crippen LogP contribution >= 0.6 is 23.1 Å². The second kappa shape index (κ2) is 10.4. The molecule has 2 aromatic carbocycles. The largest absolute Gasteiger partial charge is 0.494 e. The molecule has 7 nitrogen and oxygen atoms in total. The van der Waals surface area contributed by atoms with Crippen LogP contribution in [-0.4, -0.2) is 38.0 Å². The highest BCUT2D eigenvalue weighted by Gasteiger charge is 2.17. The van der Waals surface area contributed by atoms with Crippen LogP contribution in [0.15, 0.2) is 65.1 Å². The SMILES string of the molecule is CCOc1ccc(-n2c(Cc3ccccc3)nnc2SCC(=O)Nc2nc(C)cs2)cc1. The first-order valence-corrected chi connectivity index (χ1v) is 12.0. The lowest BCUT2D eigenvalue weighted by molar-refractivity contribution is -0.113. The number of amides is 1. The monoisotopic (exact) mass is 465 g/mol. The maximum absolute atomic E-state index is 12.4. The molecule has 0 aliphatic heterocycles. The molecule has 0 bridgehead atoms. The first-order chi connectivity index (χ1) is 15.6. The summed E-state index contributed by atoms with van der Waals surface area (Å²) >= 11 is 2.76. The molecule has 0 atom stereocenters. The van der Waals surface area contributed by atoms with Gasteiger partial charge in [0.05, 0.1) is 18.1 Å². The Bertz CT molecular complexity index is 1170. The molecule has 0 aliphatic rings. The number of hydrogen-bond donors (Lipinski definition) is 1. The Morgan fingerprint density at radius 1 is 1.12 bits per heavy atom. The lowest BCUT2D eigenvalue weighted by Gasteiger charge is -2.11. The van der Waals surface area contributed by atoms with Gasteiger partial charge in [-0.1, -0.05) is 42.1 Å². The first-order valence-electron chi connectivity index (χ1n) is 10.2. The summed E-state index contributed by atoms with van der Waals surface area (Å²) in [6.07, 6.45) is 0.631. The average molecular weight is 466 g/mol. The van der Waals surface area contributed by atoms with E-state index in [1.54, 1.807) is 0 Å². The number of hydrogen-bond acceptors (Lipinski definition) is 7. The van der Waals surface area contributed by atoms with E-state index in [4.69, 9.17) is 4.74 Å². The van der Waals surface area contributed by atoms with Gasteiger partial charge in [0.2, 0.25) is 5.91 Å². The van der Waals surface area contributed by atoms with E-state index < -0.39 is 0 Å². The lowest BCUT2D eigenvalue weighted by Crippen LogP contribution is -2.14. The molecular weight excluding hydrogens is 442 g/mol. The van der Waals surface area contributed by atoms with E-state index in [9.17, 15) is 4.79 Å². The number of benzene rings is 2. The van der Waals surface area contributed by atoms with Gasteiger partial charge in [-0.25, -0.2) is 4.98 Å². The molecule has 32 heavy (non-hydrogen) atoms. The second-order valence-corrected chi connectivity index (χ2v) is 8.75. The molecule has 0 unspecified atom stereocenters. The molecule has 164 valence electrons. The second-order valence-electron chi connectivity index (χ2n) is 6.95. The van der Waals surface area contributed by atoms with Crippen LogP contribution in [0, 0.1) is 6.92 Å². The highest BCUT2D eigenvalue weighted by Crippen LogP contribution is 2.25. The fraction of sp³-hybridized carbons (Fsp3) is 0.217. The van der Waals surface area contributed by atoms with Gasteiger partial charge in [-0.05, 0) is 43.7 Å². The van der Waals surface area contributed by atoms with Crippen molar-refractivity contribution in [1.82, 2.24) is 19.7 Å². The molecule has 0 saturated heterocycles. The summed E-state index contributed by atoms with van der Waals surface area (Å²) < 4.78 is 7.56. The van der Waals surface area contributed by atoms with Gasteiger partial charge >= 0.3 is 0 Å². The zero-order valence-corrected chi connectivity index (χ0v) is 19.4. The van der Waals surface area contributed by atoms with Crippen molar-refractivity contribution in [3.63, 3.8) is 0 Å². The number of rotatable bonds is 9. The van der Waals surface area contributed by atoms with E-state index in [1.807, 2.05) is 66.3 Å². The molecule has 2 aromatic heterocycles. The normalized spacial score (nSPS) is 10.8. The molecule has 1 N–H and O–H groups in total. The number of aromatic nitrogens is 4. The van der Waals surface area contributed by atoms with Gasteiger partial charge in [-0.2, -0.15) is 0 Å². The molecule has 9 heteroatoms. The van der Waals surface area contributed by atoms with Crippen LogP contribution in [0.1, 0.15) is 24.0 Å². The number of nitrogens with one attached hydrogen (secondary N) is 1. The van der Waals surface area contributed by atoms with E-state index >= 15 is 0 Å². The molecule has 4 aromatic rings. The van der Waals surface area contributed by atoms with Crippen LogP contribution in [0.2, 0.25) is 0 Å². The predicted molar refractivity (Wildman–Crippen MR) is 128 cm³/mol. The molecule has 4 rings (SSSR count). The van der Waals surface area contributed by atoms with E-state index in [0.29, 0.717) is 23.3 Å². The molecule has 0 aliphatic carbocycles. The zero-order valence-electron chi connectivity index (χ0n) is 17.8. The van der Waals surface area contributed by atoms with Crippen molar-refractivity contribution in [3.8, 4) is 11.4 Å². The number of thioether (sulfide) groups is 1. The Labute approximate surface area is 194 Å². The first kappa shape index (κ1) is 22.0. The summed E-state index contributed by atoms with van der Waals surface area (Å²) in [6, 6.07) is 17.9. The van der Waals surface area contributed by atoms with Gasteiger partial charge in [0.25, 0.3) is 0 Å². The van der Waals surface area contributed by atoms with E-state index in [2.05, 4.69) is 32.6 Å². The van der Waals surface area contributed by atoms with E-state index in [-0.39, 0.29) is 11.7 Å². The minimum absolute atomic E-state index is 0.129. The van der Waals surface area contributed by atoms with Crippen molar-refractivity contribution in [2.75, 3.05) is 17.7 Å². The number of carbonyl (C=O) groups excluding carboxylic acids is 1. The number of ether oxygens (including phenoxy) is 1. The van der Waals surface area contributed by atoms with Crippen molar-refractivity contribution >= 4 is 34.1 Å². The van der Waals surface area contributed by atoms with Crippen LogP contribution in [0.4, 0.5) is 5.13 Å². The Morgan fingerprint density at radius 2 is 1.91 bits per heavy atom. The Balaban J connectivity index is 1.56. The van der Waals surface area contributed by atoms with Gasteiger partial charge in [0.15, 0.2) is 10.3 Å². The number of carbonyl (C=O) groups is 1. The van der Waals surface area contributed by atoms with Crippen LogP contribution in [0.3, 0.4) is 0 Å². The van der Waals surface area contributed by atoms with Crippen molar-refractivity contribution in [2.45, 2.75) is 25.4 Å². The van der Waals surface area contributed by atoms with E-state index in [0.717, 1.165) is 28.5 Å². The van der Waals surface area contributed by atoms with Gasteiger partial charge in [0, 0.05) is 17.5 Å². The highest BCUT2D eigenvalue weighted by molar-refractivity contribution is 7.99. The maximum atomic E-state index is 12.4. The molecule has 1 amide bonds. The highest BCUT2D eigenvalue weighted by atomic mass is 32.2. The Hall–Kier alpha value is -3.17. The van der Waals surface area contributed by atoms with Gasteiger partial charge in [-0.15, -0.1) is 21.5 Å². The van der Waals surface area contributed by atoms with Crippen LogP contribution in [0.5, 0.6) is 5.75 Å². The van der Waals surface area contributed by atoms with Crippen molar-refractivity contribution in [1.29, 1.82) is 0 Å². The third kappa shape index (κ3) is 5.54. The number of anilines is 1. The third-order valence-electron chi connectivity index (χ3n) is 4.51. The summed E-state index contributed by atoms with van der Waals surface area (Å²) in [5.74, 6) is 1.69. The third-order valence-corrected chi connectivity index (χ3v) is 6.31. The standard InChI is InChI=1S/C23H23N5O2S2/c1-3-30-19-11-9-18(10-12-19)28-20(13-17-7-5-4-6-8-17)26-27-23(28)32-15-21(29)25-22-24-16(2)14-31-22/h4-12,14H,3,13,15H2,1-2H3,(H,24,25,29). The summed E-state index contributed by atoms with van der Waals surface area (Å²) in [5.41, 5.74) is 2.95. The minimum Gasteiger partial charge on any atom is -0.494 e. The van der Waals surface area contributed by atoms with E-state index in [1.165, 1.54) is 23.1 Å². The van der Waals surface area contributed by atoms with Crippen molar-refractivity contribution in [3.05, 3.63) is 77.1 Å². The predicted octanol–water partition coefficient (Wildman–Crippen LogP) is 4.75. The maximum Gasteiger partial charge on any atom is 0.236 e. The molecule has 0 radical (unpaired) electrons. The fourth-order valence-corrected chi connectivity index (χ4v) is 4.58. The van der Waals surface area contributed by atoms with Crippen molar-refractivity contribution < 1.29 is 9.53 Å². The number of nitrogens with zero attached hydrogens (tertiary/aromatic N) is 4. The zero-order chi connectivity index (χ0) is 22.3. The molecule has 2 heterocycles. The lowest BCUT2D eigenvalue weighted by atomic mass is 10.1. The Kier molecular flexibility index (Phi) is 7.18. The van der Waals surface area contributed by atoms with Gasteiger partial charge in [0.1, 0.15) is 11.6 Å².